The molecule has 6 nitrogen and oxygen atoms in total. The molecule has 0 atom stereocenters. The molecular formula is C27H28BrN3O3. The van der Waals surface area contributed by atoms with Crippen LogP contribution in [-0.4, -0.2) is 35.7 Å². The van der Waals surface area contributed by atoms with Gasteiger partial charge in [0, 0.05) is 29.5 Å². The monoisotopic (exact) mass is 521 g/mol. The summed E-state index contributed by atoms with van der Waals surface area (Å²) >= 11 is 3.41. The number of carbonyl (C=O) groups is 1. The molecule has 0 aliphatic carbocycles. The van der Waals surface area contributed by atoms with Gasteiger partial charge in [0.15, 0.2) is 11.5 Å². The summed E-state index contributed by atoms with van der Waals surface area (Å²) in [7, 11) is 1.65. The zero-order valence-corrected chi connectivity index (χ0v) is 20.8. The van der Waals surface area contributed by atoms with Crippen molar-refractivity contribution in [1.29, 1.82) is 0 Å². The van der Waals surface area contributed by atoms with E-state index >= 15 is 0 Å². The number of fused-ring (bicyclic) bond motifs is 1. The fourth-order valence-corrected chi connectivity index (χ4v) is 4.29. The number of imidazole rings is 1. The average Bonchev–Trinajstić information content (AvgIpc) is 3.22. The minimum Gasteiger partial charge on any atom is -0.493 e. The summed E-state index contributed by atoms with van der Waals surface area (Å²) in [6.07, 6.45) is 2.42. The summed E-state index contributed by atoms with van der Waals surface area (Å²) in [5.41, 5.74) is 2.76. The highest BCUT2D eigenvalue weighted by molar-refractivity contribution is 9.10. The first-order chi connectivity index (χ1) is 16.7. The molecule has 1 aromatic heterocycles. The Kier molecular flexibility index (Phi) is 8.20. The Morgan fingerprint density at radius 3 is 2.62 bits per heavy atom. The predicted octanol–water partition coefficient (Wildman–Crippen LogP) is 5.64. The van der Waals surface area contributed by atoms with Crippen LogP contribution in [0.3, 0.4) is 0 Å². The minimum atomic E-state index is -0.0664. The van der Waals surface area contributed by atoms with Gasteiger partial charge in [-0.3, -0.25) is 4.79 Å². The molecule has 0 saturated carbocycles. The molecule has 4 aromatic rings. The van der Waals surface area contributed by atoms with Crippen LogP contribution in [-0.2, 0) is 13.0 Å². The van der Waals surface area contributed by atoms with Crippen molar-refractivity contribution in [3.05, 3.63) is 88.7 Å². The highest BCUT2D eigenvalue weighted by Crippen LogP contribution is 2.26. The van der Waals surface area contributed by atoms with Crippen molar-refractivity contribution in [3.63, 3.8) is 0 Å². The number of nitrogens with one attached hydrogen (secondary N) is 1. The quantitative estimate of drug-likeness (QED) is 0.259. The van der Waals surface area contributed by atoms with Gasteiger partial charge in [-0.05, 0) is 55.3 Å². The molecule has 0 fully saturated rings. The maximum absolute atomic E-state index is 12.4. The van der Waals surface area contributed by atoms with E-state index < -0.39 is 0 Å². The van der Waals surface area contributed by atoms with E-state index in [-0.39, 0.29) is 5.91 Å². The minimum absolute atomic E-state index is 0.0664. The highest BCUT2D eigenvalue weighted by atomic mass is 79.9. The molecule has 1 amide bonds. The number of halogens is 1. The van der Waals surface area contributed by atoms with Crippen LogP contribution in [0.5, 0.6) is 11.5 Å². The lowest BCUT2D eigenvalue weighted by Gasteiger charge is -2.12. The van der Waals surface area contributed by atoms with Gasteiger partial charge >= 0.3 is 0 Å². The molecule has 7 heteroatoms. The molecule has 0 aliphatic rings. The van der Waals surface area contributed by atoms with Gasteiger partial charge in [-0.15, -0.1) is 0 Å². The van der Waals surface area contributed by atoms with E-state index in [1.54, 1.807) is 7.11 Å². The van der Waals surface area contributed by atoms with Crippen molar-refractivity contribution in [2.45, 2.75) is 25.8 Å². The molecule has 0 unspecified atom stereocenters. The molecule has 0 aliphatic heterocycles. The standard InChI is InChI=1S/C27H28BrN3O3/c1-33-24-13-4-5-14-25(24)34-18-8-17-31-23-12-3-2-11-22(23)30-26(31)15-7-16-29-27(32)20-9-6-10-21(28)19-20/h2-6,9-14,19H,7-8,15-18H2,1H3,(H,29,32). The number of methoxy groups -OCH3 is 1. The molecule has 0 spiro atoms. The van der Waals surface area contributed by atoms with E-state index in [4.69, 9.17) is 14.5 Å². The fraction of sp³-hybridized carbons (Fsp3) is 0.259. The summed E-state index contributed by atoms with van der Waals surface area (Å²) in [6.45, 7) is 1.97. The second kappa shape index (κ2) is 11.7. The molecule has 3 aromatic carbocycles. The van der Waals surface area contributed by atoms with E-state index in [1.807, 2.05) is 66.7 Å². The maximum atomic E-state index is 12.4. The van der Waals surface area contributed by atoms with Crippen LogP contribution < -0.4 is 14.8 Å². The third kappa shape index (κ3) is 5.97. The van der Waals surface area contributed by atoms with Crippen LogP contribution in [0.4, 0.5) is 0 Å². The number of nitrogens with zero attached hydrogens (tertiary/aromatic N) is 2. The zero-order chi connectivity index (χ0) is 23.8. The van der Waals surface area contributed by atoms with E-state index in [0.29, 0.717) is 18.7 Å². The van der Waals surface area contributed by atoms with E-state index in [2.05, 4.69) is 31.9 Å². The Morgan fingerprint density at radius 1 is 1.00 bits per heavy atom. The first kappa shape index (κ1) is 23.8. The molecular weight excluding hydrogens is 494 g/mol. The molecule has 1 N–H and O–H groups in total. The third-order valence-corrected chi connectivity index (χ3v) is 6.03. The van der Waals surface area contributed by atoms with Crippen LogP contribution in [0.15, 0.2) is 77.3 Å². The number of rotatable bonds is 11. The molecule has 1 heterocycles. The summed E-state index contributed by atoms with van der Waals surface area (Å²) in [5, 5.41) is 3.00. The molecule has 0 saturated heterocycles. The van der Waals surface area contributed by atoms with Crippen molar-refractivity contribution >= 4 is 32.9 Å². The van der Waals surface area contributed by atoms with E-state index in [9.17, 15) is 4.79 Å². The lowest BCUT2D eigenvalue weighted by Crippen LogP contribution is -2.25. The molecule has 4 rings (SSSR count). The Hall–Kier alpha value is -3.32. The normalized spacial score (nSPS) is 10.9. The Bertz CT molecular complexity index is 1250. The zero-order valence-electron chi connectivity index (χ0n) is 19.2. The van der Waals surface area contributed by atoms with Crippen molar-refractivity contribution in [3.8, 4) is 11.5 Å². The summed E-state index contributed by atoms with van der Waals surface area (Å²) in [5.74, 6) is 2.45. The van der Waals surface area contributed by atoms with Gasteiger partial charge in [-0.1, -0.05) is 46.3 Å². The van der Waals surface area contributed by atoms with E-state index in [0.717, 1.165) is 58.6 Å². The van der Waals surface area contributed by atoms with Crippen molar-refractivity contribution in [2.24, 2.45) is 0 Å². The predicted molar refractivity (Wildman–Crippen MR) is 138 cm³/mol. The Balaban J connectivity index is 1.34. The number of carbonyl (C=O) groups excluding carboxylic acids is 1. The third-order valence-electron chi connectivity index (χ3n) is 5.54. The molecule has 176 valence electrons. The summed E-state index contributed by atoms with van der Waals surface area (Å²) in [6, 6.07) is 23.3. The largest absolute Gasteiger partial charge is 0.493 e. The molecule has 0 radical (unpaired) electrons. The number of hydrogen-bond donors (Lipinski definition) is 1. The highest BCUT2D eigenvalue weighted by Gasteiger charge is 2.11. The van der Waals surface area contributed by atoms with Crippen LogP contribution in [0.2, 0.25) is 0 Å². The van der Waals surface area contributed by atoms with Crippen molar-refractivity contribution in [2.75, 3.05) is 20.3 Å². The van der Waals surface area contributed by atoms with Crippen LogP contribution in [0, 0.1) is 0 Å². The van der Waals surface area contributed by atoms with Gasteiger partial charge in [-0.2, -0.15) is 0 Å². The number of amides is 1. The molecule has 0 bridgehead atoms. The second-order valence-corrected chi connectivity index (χ2v) is 8.81. The Morgan fingerprint density at radius 2 is 1.79 bits per heavy atom. The lowest BCUT2D eigenvalue weighted by atomic mass is 10.2. The van der Waals surface area contributed by atoms with Crippen LogP contribution in [0.25, 0.3) is 11.0 Å². The second-order valence-electron chi connectivity index (χ2n) is 7.89. The number of aromatic nitrogens is 2. The SMILES string of the molecule is COc1ccccc1OCCCn1c(CCCNC(=O)c2cccc(Br)c2)nc2ccccc21. The van der Waals surface area contributed by atoms with Gasteiger partial charge in [0.25, 0.3) is 5.91 Å². The number of para-hydroxylation sites is 4. The average molecular weight is 522 g/mol. The van der Waals surface area contributed by atoms with Crippen molar-refractivity contribution in [1.82, 2.24) is 14.9 Å². The van der Waals surface area contributed by atoms with Crippen LogP contribution in [0.1, 0.15) is 29.0 Å². The summed E-state index contributed by atoms with van der Waals surface area (Å²) in [4.78, 5) is 17.2. The van der Waals surface area contributed by atoms with Gasteiger partial charge in [-0.25, -0.2) is 4.98 Å². The first-order valence-corrected chi connectivity index (χ1v) is 12.2. The van der Waals surface area contributed by atoms with Gasteiger partial charge < -0.3 is 19.4 Å². The number of ether oxygens (including phenoxy) is 2. The maximum Gasteiger partial charge on any atom is 0.251 e. The number of hydrogen-bond acceptors (Lipinski definition) is 4. The van der Waals surface area contributed by atoms with Gasteiger partial charge in [0.1, 0.15) is 5.82 Å². The van der Waals surface area contributed by atoms with Gasteiger partial charge in [0.05, 0.1) is 24.8 Å². The number of aryl methyl sites for hydroxylation is 2. The fourth-order valence-electron chi connectivity index (χ4n) is 3.89. The van der Waals surface area contributed by atoms with Gasteiger partial charge in [0.2, 0.25) is 0 Å². The summed E-state index contributed by atoms with van der Waals surface area (Å²) < 4.78 is 14.5. The lowest BCUT2D eigenvalue weighted by molar-refractivity contribution is 0.0953. The number of benzene rings is 3. The smallest absolute Gasteiger partial charge is 0.251 e. The van der Waals surface area contributed by atoms with Crippen molar-refractivity contribution < 1.29 is 14.3 Å². The molecule has 34 heavy (non-hydrogen) atoms. The Labute approximate surface area is 208 Å². The first-order valence-electron chi connectivity index (χ1n) is 11.4. The topological polar surface area (TPSA) is 65.4 Å². The van der Waals surface area contributed by atoms with E-state index in [1.165, 1.54) is 0 Å². The van der Waals surface area contributed by atoms with Crippen LogP contribution >= 0.6 is 15.9 Å².